The zero-order valence-electron chi connectivity index (χ0n) is 21.6. The number of hydrogen-bond acceptors (Lipinski definition) is 6. The first-order chi connectivity index (χ1) is 17.6. The van der Waals surface area contributed by atoms with Crippen LogP contribution in [-0.2, 0) is 41.8 Å². The van der Waals surface area contributed by atoms with Crippen LogP contribution in [0.2, 0.25) is 0 Å². The van der Waals surface area contributed by atoms with E-state index in [1.165, 1.54) is 7.11 Å². The molecule has 10 heteroatoms. The molecular formula is C27H36N4O5S. The zero-order valence-corrected chi connectivity index (χ0v) is 22.5. The van der Waals surface area contributed by atoms with Crippen LogP contribution in [0.15, 0.2) is 54.6 Å². The number of para-hydroxylation sites is 1. The number of fused-ring (bicyclic) bond motifs is 2. The van der Waals surface area contributed by atoms with Gasteiger partial charge in [-0.1, -0.05) is 48.5 Å². The molecule has 9 nitrogen and oxygen atoms in total. The molecule has 200 valence electrons. The molecule has 2 heterocycles. The van der Waals surface area contributed by atoms with Crippen molar-refractivity contribution in [2.75, 3.05) is 37.7 Å². The van der Waals surface area contributed by atoms with Crippen LogP contribution in [0.4, 0.5) is 5.69 Å². The van der Waals surface area contributed by atoms with Crippen molar-refractivity contribution in [1.82, 2.24) is 10.2 Å². The molecule has 0 saturated carbocycles. The molecule has 2 aliphatic heterocycles. The molecule has 0 bridgehead atoms. The van der Waals surface area contributed by atoms with E-state index in [0.29, 0.717) is 39.1 Å². The third kappa shape index (κ3) is 6.04. The first-order valence-corrected chi connectivity index (χ1v) is 13.5. The van der Waals surface area contributed by atoms with Gasteiger partial charge in [-0.15, -0.1) is 0 Å². The molecule has 0 aliphatic carbocycles. The minimum atomic E-state index is -1.57. The lowest BCUT2D eigenvalue weighted by Gasteiger charge is -2.41. The number of nitrogens with one attached hydrogen (secondary N) is 1. The molecule has 37 heavy (non-hydrogen) atoms. The maximum Gasteiger partial charge on any atom is 0.264 e. The van der Waals surface area contributed by atoms with Crippen molar-refractivity contribution in [2.45, 2.75) is 50.3 Å². The topological polar surface area (TPSA) is 114 Å². The van der Waals surface area contributed by atoms with E-state index in [1.807, 2.05) is 48.5 Å². The quantitative estimate of drug-likeness (QED) is 0.515. The molecule has 2 unspecified atom stereocenters. The van der Waals surface area contributed by atoms with E-state index in [-0.39, 0.29) is 17.9 Å². The molecule has 0 aromatic heterocycles. The Kier molecular flexibility index (Phi) is 8.33. The van der Waals surface area contributed by atoms with Crippen LogP contribution in [0.5, 0.6) is 0 Å². The number of piperidine rings is 1. The number of carbonyl (C=O) groups excluding carboxylic acids is 2. The Balaban J connectivity index is 1.45. The van der Waals surface area contributed by atoms with Gasteiger partial charge in [0, 0.05) is 25.0 Å². The molecule has 1 spiro atoms. The van der Waals surface area contributed by atoms with E-state index < -0.39 is 28.8 Å². The van der Waals surface area contributed by atoms with Crippen molar-refractivity contribution in [1.29, 1.82) is 0 Å². The molecule has 2 aromatic carbocycles. The average molecular weight is 529 g/mol. The third-order valence-corrected chi connectivity index (χ3v) is 8.10. The van der Waals surface area contributed by atoms with Crippen LogP contribution in [0, 0.1) is 0 Å². The number of nitrogens with zero attached hydrogens (tertiary/aromatic N) is 2. The fourth-order valence-corrected chi connectivity index (χ4v) is 5.85. The summed E-state index contributed by atoms with van der Waals surface area (Å²) in [5.74, 6) is -0.603. The summed E-state index contributed by atoms with van der Waals surface area (Å²) < 4.78 is 25.3. The molecule has 3 N–H and O–H groups in total. The predicted octanol–water partition coefficient (Wildman–Crippen LogP) is 2.03. The summed E-state index contributed by atoms with van der Waals surface area (Å²) in [5, 5.41) is 2.80. The monoisotopic (exact) mass is 528 g/mol. The number of hydrogen-bond donors (Lipinski definition) is 2. The fraction of sp³-hybridized carbons (Fsp3) is 0.481. The predicted molar refractivity (Wildman–Crippen MR) is 143 cm³/mol. The molecule has 2 atom stereocenters. The smallest absolute Gasteiger partial charge is 0.264 e. The third-order valence-electron chi connectivity index (χ3n) is 7.13. The van der Waals surface area contributed by atoms with E-state index >= 15 is 0 Å². The fourth-order valence-electron chi connectivity index (χ4n) is 5.00. The van der Waals surface area contributed by atoms with Gasteiger partial charge in [0.2, 0.25) is 11.8 Å². The highest BCUT2D eigenvalue weighted by Crippen LogP contribution is 2.47. The van der Waals surface area contributed by atoms with E-state index in [1.54, 1.807) is 23.1 Å². The zero-order chi connectivity index (χ0) is 26.6. The summed E-state index contributed by atoms with van der Waals surface area (Å²) in [6.45, 7) is 5.17. The Morgan fingerprint density at radius 1 is 1.11 bits per heavy atom. The first-order valence-electron chi connectivity index (χ1n) is 12.5. The molecule has 2 aliphatic rings. The Hall–Kier alpha value is -2.79. The minimum absolute atomic E-state index is 0.0423. The number of likely N-dealkylation sites (tertiary alicyclic amines) is 1. The van der Waals surface area contributed by atoms with Gasteiger partial charge in [-0.05, 0) is 43.9 Å². The maximum absolute atomic E-state index is 13.6. The highest BCUT2D eigenvalue weighted by Gasteiger charge is 2.47. The van der Waals surface area contributed by atoms with Crippen LogP contribution in [0.1, 0.15) is 37.8 Å². The molecule has 1 fully saturated rings. The lowest BCUT2D eigenvalue weighted by molar-refractivity contribution is -0.140. The van der Waals surface area contributed by atoms with Gasteiger partial charge >= 0.3 is 0 Å². The summed E-state index contributed by atoms with van der Waals surface area (Å²) in [6, 6.07) is 16.8. The molecule has 1 saturated heterocycles. The van der Waals surface area contributed by atoms with Crippen molar-refractivity contribution >= 4 is 28.8 Å². The number of ether oxygens (including phenoxy) is 1. The largest absolute Gasteiger partial charge is 0.374 e. The molecule has 2 amide bonds. The highest BCUT2D eigenvalue weighted by atomic mass is 32.2. The second-order valence-electron chi connectivity index (χ2n) is 10.3. The number of benzene rings is 2. The van der Waals surface area contributed by atoms with Gasteiger partial charge in [-0.25, -0.2) is 4.21 Å². The Morgan fingerprint density at radius 3 is 2.41 bits per heavy atom. The maximum atomic E-state index is 13.6. The van der Waals surface area contributed by atoms with Gasteiger partial charge in [-0.3, -0.25) is 18.1 Å². The summed E-state index contributed by atoms with van der Waals surface area (Å²) in [6.07, 6.45) is 1.42. The summed E-state index contributed by atoms with van der Waals surface area (Å²) in [4.78, 5) is 28.0. The van der Waals surface area contributed by atoms with Crippen molar-refractivity contribution in [3.05, 3.63) is 65.7 Å². The van der Waals surface area contributed by atoms with Crippen LogP contribution in [-0.4, -0.2) is 65.9 Å². The van der Waals surface area contributed by atoms with E-state index in [0.717, 1.165) is 16.8 Å². The van der Waals surface area contributed by atoms with Crippen LogP contribution in [0.3, 0.4) is 0 Å². The first kappa shape index (κ1) is 27.3. The van der Waals surface area contributed by atoms with E-state index in [4.69, 9.17) is 14.7 Å². The van der Waals surface area contributed by atoms with Crippen molar-refractivity contribution < 1.29 is 22.7 Å². The number of anilines is 1. The van der Waals surface area contributed by atoms with Gasteiger partial charge in [0.1, 0.15) is 6.04 Å². The minimum Gasteiger partial charge on any atom is -0.374 e. The van der Waals surface area contributed by atoms with Gasteiger partial charge in [0.25, 0.3) is 11.3 Å². The van der Waals surface area contributed by atoms with E-state index in [2.05, 4.69) is 11.4 Å². The summed E-state index contributed by atoms with van der Waals surface area (Å²) in [7, 11) is 1.43. The standard InChI is InChI=1S/C27H36N4O5S/c1-26(2,28)25(33)29-22(18-36-17-20-9-5-4-6-10-20)24(32)30-15-13-27(14-16-30)19-31(37(34)35-3)23-12-8-7-11-21(23)27/h4-12,22H,13-19,28H2,1-3H3,(H,29,33). The van der Waals surface area contributed by atoms with Crippen LogP contribution in [0.25, 0.3) is 0 Å². The van der Waals surface area contributed by atoms with Crippen molar-refractivity contribution in [2.24, 2.45) is 5.73 Å². The highest BCUT2D eigenvalue weighted by molar-refractivity contribution is 7.81. The Bertz CT molecular complexity index is 1130. The summed E-state index contributed by atoms with van der Waals surface area (Å²) >= 11 is -1.57. The van der Waals surface area contributed by atoms with Crippen LogP contribution < -0.4 is 15.4 Å². The SMILES string of the molecule is COS(=O)N1CC2(CCN(C(=O)C(COCc3ccccc3)NC(=O)C(C)(C)N)CC2)c2ccccc21. The van der Waals surface area contributed by atoms with Crippen molar-refractivity contribution in [3.63, 3.8) is 0 Å². The van der Waals surface area contributed by atoms with Crippen LogP contribution >= 0.6 is 0 Å². The molecule has 4 rings (SSSR count). The summed E-state index contributed by atoms with van der Waals surface area (Å²) in [5.41, 5.74) is 7.66. The second-order valence-corrected chi connectivity index (χ2v) is 11.5. The number of carbonyl (C=O) groups is 2. The molecule has 0 radical (unpaired) electrons. The number of rotatable bonds is 9. The molecular weight excluding hydrogens is 492 g/mol. The van der Waals surface area contributed by atoms with Gasteiger partial charge < -0.3 is 20.7 Å². The average Bonchev–Trinajstić information content (AvgIpc) is 3.21. The lowest BCUT2D eigenvalue weighted by Crippen LogP contribution is -2.59. The second kappa shape index (κ2) is 11.3. The Labute approximate surface area is 221 Å². The molecule has 2 aromatic rings. The van der Waals surface area contributed by atoms with Gasteiger partial charge in [0.15, 0.2) is 0 Å². The van der Waals surface area contributed by atoms with Crippen molar-refractivity contribution in [3.8, 4) is 0 Å². The van der Waals surface area contributed by atoms with Gasteiger partial charge in [0.05, 0.1) is 31.5 Å². The van der Waals surface area contributed by atoms with E-state index in [9.17, 15) is 13.8 Å². The van der Waals surface area contributed by atoms with Gasteiger partial charge in [-0.2, -0.15) is 0 Å². The Morgan fingerprint density at radius 2 is 1.76 bits per heavy atom. The lowest BCUT2D eigenvalue weighted by atomic mass is 9.74. The normalized spacial score (nSPS) is 18.4. The number of amides is 2. The number of nitrogens with two attached hydrogens (primary N) is 1.